The van der Waals surface area contributed by atoms with Gasteiger partial charge >= 0.3 is 11.4 Å². The number of hydrogen-bond acceptors (Lipinski definition) is 2. The van der Waals surface area contributed by atoms with Gasteiger partial charge in [0.25, 0.3) is 11.2 Å². The van der Waals surface area contributed by atoms with Crippen molar-refractivity contribution < 1.29 is 18.4 Å². The van der Waals surface area contributed by atoms with Gasteiger partial charge in [0.2, 0.25) is 12.4 Å². The van der Waals surface area contributed by atoms with Crippen LogP contribution in [0.1, 0.15) is 124 Å². The summed E-state index contributed by atoms with van der Waals surface area (Å²) in [6.45, 7) is 9.03. The number of nitrogens with zero attached hydrogens (tertiary/aromatic N) is 7. The Morgan fingerprint density at radius 1 is 0.438 bits per heavy atom. The molecule has 0 saturated carbocycles. The molecule has 2 aliphatic heterocycles. The molecule has 8 bridgehead atoms. The van der Waals surface area contributed by atoms with Crippen LogP contribution < -0.4 is 18.4 Å². The lowest BCUT2D eigenvalue weighted by atomic mass is 10.1. The summed E-state index contributed by atoms with van der Waals surface area (Å²) in [6.07, 6.45) is 39.9. The number of hydrogen-bond donors (Lipinski definition) is 1. The Kier molecular flexibility index (Phi) is 13.1. The monoisotopic (exact) mass is 847 g/mol. The summed E-state index contributed by atoms with van der Waals surface area (Å²) >= 11 is 0. The molecule has 0 aliphatic carbocycles. The van der Waals surface area contributed by atoms with Crippen LogP contribution in [0.2, 0.25) is 0 Å². The summed E-state index contributed by atoms with van der Waals surface area (Å²) in [6, 6.07) is 29.0. The minimum atomic E-state index is 0.870. The van der Waals surface area contributed by atoms with Crippen LogP contribution in [0, 0.1) is 0 Å². The van der Waals surface area contributed by atoms with E-state index >= 15 is 0 Å². The van der Waals surface area contributed by atoms with Gasteiger partial charge in [0, 0.05) is 65.6 Å². The Balaban J connectivity index is 1.49. The quantitative estimate of drug-likeness (QED) is 0.0985. The molecule has 9 heterocycles. The van der Waals surface area contributed by atoms with Crippen molar-refractivity contribution in [2.75, 3.05) is 0 Å². The first-order valence-electron chi connectivity index (χ1n) is 23.7. The fraction of sp³-hybridized carbons (Fsp3) is 0.286. The predicted octanol–water partition coefficient (Wildman–Crippen LogP) is 10.9. The number of unbranched alkanes of at least 4 members (excludes halogenated alkanes) is 4. The lowest BCUT2D eigenvalue weighted by molar-refractivity contribution is -0.722. The summed E-state index contributed by atoms with van der Waals surface area (Å²) in [5.74, 6) is 0. The lowest BCUT2D eigenvalue weighted by Crippen LogP contribution is -2.43. The molecule has 0 unspecified atom stereocenters. The molecule has 0 spiro atoms. The zero-order chi connectivity index (χ0) is 43.8. The van der Waals surface area contributed by atoms with Gasteiger partial charge in [-0.25, -0.2) is 9.97 Å². The summed E-state index contributed by atoms with van der Waals surface area (Å²) in [5.41, 5.74) is 15.8. The maximum Gasteiger partial charge on any atom is 0.322 e. The molecular weight excluding hydrogens is 785 g/mol. The highest BCUT2D eigenvalue weighted by Gasteiger charge is 2.41. The molecule has 322 valence electrons. The Hall–Kier alpha value is -6.80. The number of aryl methyl sites for hydroxylation is 4. The van der Waals surface area contributed by atoms with Crippen molar-refractivity contribution in [3.8, 4) is 17.1 Å². The molecule has 2 aliphatic rings. The van der Waals surface area contributed by atoms with Gasteiger partial charge in [-0.2, -0.15) is 13.7 Å². The van der Waals surface area contributed by atoms with Gasteiger partial charge in [-0.15, -0.1) is 0 Å². The number of pyridine rings is 4. The zero-order valence-electron chi connectivity index (χ0n) is 38.0. The van der Waals surface area contributed by atoms with Crippen LogP contribution in [0.25, 0.3) is 63.4 Å². The van der Waals surface area contributed by atoms with Crippen molar-refractivity contribution in [1.82, 2.24) is 19.6 Å². The van der Waals surface area contributed by atoms with E-state index in [4.69, 9.17) is 9.97 Å². The van der Waals surface area contributed by atoms with E-state index in [-0.39, 0.29) is 0 Å². The highest BCUT2D eigenvalue weighted by molar-refractivity contribution is 5.90. The van der Waals surface area contributed by atoms with E-state index in [1.165, 1.54) is 22.3 Å². The molecule has 1 N–H and O–H groups in total. The van der Waals surface area contributed by atoms with Crippen molar-refractivity contribution in [1.29, 1.82) is 0 Å². The largest absolute Gasteiger partial charge is 0.355 e. The van der Waals surface area contributed by atoms with E-state index in [1.807, 2.05) is 0 Å². The molecule has 64 heavy (non-hydrogen) atoms. The standard InChI is InChI=1S/C56H62N8/c1-5-9-13-42-23-31-60(32-24-42)53-51-22-21-49(59-51)40-48-18-17-46(57-48)39-47-19-20-50(58-47)41-52-54(61-33-25-43(26-34-61)14-10-6-2)55(62-35-27-44(28-36-62)15-11-7-3)56(53)64(52)63-37-29-45(30-38-63)16-12-8-4/h17-41,57H,5-16H2,1-4H3/q+4. The average Bonchev–Trinajstić information content (AvgIpc) is 4.15. The number of fused-ring (bicyclic) bond motifs is 8. The number of rotatable bonds is 16. The van der Waals surface area contributed by atoms with E-state index in [1.54, 1.807) is 0 Å². The molecule has 0 amide bonds. The van der Waals surface area contributed by atoms with Crippen LogP contribution in [0.15, 0.2) is 128 Å². The molecular formula is C56H62N8+4. The van der Waals surface area contributed by atoms with Crippen molar-refractivity contribution >= 4 is 46.4 Å². The topological polar surface area (TPSA) is 62.0 Å². The summed E-state index contributed by atoms with van der Waals surface area (Å²) in [7, 11) is 0. The number of aromatic nitrogens is 8. The van der Waals surface area contributed by atoms with Gasteiger partial charge in [-0.1, -0.05) is 62.7 Å². The second kappa shape index (κ2) is 19.7. The third kappa shape index (κ3) is 9.28. The number of nitrogens with one attached hydrogen (secondary N) is 1. The molecule has 8 heteroatoms. The van der Waals surface area contributed by atoms with Gasteiger partial charge < -0.3 is 4.98 Å². The van der Waals surface area contributed by atoms with Gasteiger partial charge in [-0.05, 0) is 122 Å². The summed E-state index contributed by atoms with van der Waals surface area (Å²) in [4.78, 5) is 14.3. The van der Waals surface area contributed by atoms with Crippen LogP contribution in [-0.2, 0) is 25.7 Å². The zero-order valence-corrected chi connectivity index (χ0v) is 38.0. The normalized spacial score (nSPS) is 12.1. The van der Waals surface area contributed by atoms with Crippen molar-refractivity contribution in [2.24, 2.45) is 0 Å². The molecule has 0 atom stereocenters. The van der Waals surface area contributed by atoms with E-state index in [2.05, 4.69) is 208 Å². The SMILES string of the molecule is CCCCc1cc[n+](-c2c(-[n+]3ccc(CCCC)cc3)c3c(-[n+]4ccc(CCCC)cc4)c4nc(cc5ccc(cc6nc(cc2n3-[n+]2ccc(CCCC)cc2)C=C6)[nH]5)C=C4)cc1. The van der Waals surface area contributed by atoms with Gasteiger partial charge in [0.1, 0.15) is 5.69 Å². The number of H-pyrrole nitrogens is 1. The Bertz CT molecular complexity index is 2950. The molecule has 9 rings (SSSR count). The van der Waals surface area contributed by atoms with Gasteiger partial charge in [-0.3, -0.25) is 0 Å². The number of aromatic amines is 1. The van der Waals surface area contributed by atoms with Gasteiger partial charge in [0.05, 0.1) is 17.1 Å². The fourth-order valence-electron chi connectivity index (χ4n) is 8.81. The van der Waals surface area contributed by atoms with Crippen LogP contribution in [0.4, 0.5) is 0 Å². The molecule has 0 saturated heterocycles. The predicted molar refractivity (Wildman–Crippen MR) is 259 cm³/mol. The third-order valence-electron chi connectivity index (χ3n) is 12.4. The van der Waals surface area contributed by atoms with Gasteiger partial charge in [0.15, 0.2) is 42.7 Å². The maximum absolute atomic E-state index is 5.45. The molecule has 7 aromatic rings. The van der Waals surface area contributed by atoms with Crippen molar-refractivity contribution in [3.63, 3.8) is 0 Å². The van der Waals surface area contributed by atoms with Crippen molar-refractivity contribution in [2.45, 2.75) is 105 Å². The minimum Gasteiger partial charge on any atom is -0.355 e. The minimum absolute atomic E-state index is 0.870. The van der Waals surface area contributed by atoms with Crippen molar-refractivity contribution in [3.05, 3.63) is 173 Å². The first-order chi connectivity index (χ1) is 31.5. The highest BCUT2D eigenvalue weighted by Crippen LogP contribution is 2.31. The highest BCUT2D eigenvalue weighted by atomic mass is 15.5. The van der Waals surface area contributed by atoms with E-state index in [0.717, 1.165) is 139 Å². The molecule has 8 nitrogen and oxygen atoms in total. The summed E-state index contributed by atoms with van der Waals surface area (Å²) in [5, 5.41) is 0. The second-order valence-electron chi connectivity index (χ2n) is 17.3. The van der Waals surface area contributed by atoms with Crippen LogP contribution in [0.3, 0.4) is 0 Å². The molecule has 0 fully saturated rings. The van der Waals surface area contributed by atoms with E-state index < -0.39 is 0 Å². The second-order valence-corrected chi connectivity index (χ2v) is 17.3. The fourth-order valence-corrected chi connectivity index (χ4v) is 8.81. The lowest BCUT2D eigenvalue weighted by Gasteiger charge is -2.05. The van der Waals surface area contributed by atoms with Crippen LogP contribution in [-0.4, -0.2) is 19.6 Å². The molecule has 0 aromatic carbocycles. The molecule has 7 aromatic heterocycles. The Morgan fingerprint density at radius 3 is 1.33 bits per heavy atom. The summed E-state index contributed by atoms with van der Waals surface area (Å²) < 4.78 is 11.5. The average molecular weight is 847 g/mol. The van der Waals surface area contributed by atoms with E-state index in [0.29, 0.717) is 0 Å². The first kappa shape index (κ1) is 42.5. The van der Waals surface area contributed by atoms with E-state index in [9.17, 15) is 0 Å². The Morgan fingerprint density at radius 2 is 0.844 bits per heavy atom. The molecule has 0 radical (unpaired) electrons. The van der Waals surface area contributed by atoms with Crippen LogP contribution in [0.5, 0.6) is 0 Å². The van der Waals surface area contributed by atoms with Crippen LogP contribution >= 0.6 is 0 Å². The third-order valence-corrected chi connectivity index (χ3v) is 12.4. The smallest absolute Gasteiger partial charge is 0.322 e. The first-order valence-corrected chi connectivity index (χ1v) is 23.7. The Labute approximate surface area is 378 Å². The maximum atomic E-state index is 5.45.